The molecule has 0 spiro atoms. The topological polar surface area (TPSA) is 156 Å². The predicted molar refractivity (Wildman–Crippen MR) is 193 cm³/mol. The monoisotopic (exact) mass is 730 g/mol. The summed E-state index contributed by atoms with van der Waals surface area (Å²) in [5, 5.41) is 9.81. The van der Waals surface area contributed by atoms with Crippen molar-refractivity contribution in [3.8, 4) is 6.07 Å². The second kappa shape index (κ2) is 15.5. The van der Waals surface area contributed by atoms with Crippen molar-refractivity contribution < 1.29 is 35.4 Å². The zero-order chi connectivity index (χ0) is 36.1. The molecular weight excluding hydrogens is 697 g/mol. The molecule has 0 saturated heterocycles. The molecular formula is C37H34N2O8S3. The molecule has 50 heavy (non-hydrogen) atoms. The van der Waals surface area contributed by atoms with Crippen molar-refractivity contribution in [1.82, 2.24) is 0 Å². The van der Waals surface area contributed by atoms with E-state index in [9.17, 15) is 31.7 Å². The lowest BCUT2D eigenvalue weighted by molar-refractivity contribution is 0.103. The minimum absolute atomic E-state index is 0. The quantitative estimate of drug-likeness (QED) is 0.169. The third kappa shape index (κ3) is 6.78. The summed E-state index contributed by atoms with van der Waals surface area (Å²) in [6.07, 6.45) is 8.26. The molecule has 0 radical (unpaired) electrons. The standard InChI is InChI=1S/C24H20N2O3S.C12H10O4S.CH4.OS/c1-24(2)18-11-5-6-12-19(18)26(3)23(24)16(15-25)9-8-14-21-22(27)17-10-4-7-13-20(17)30(21,28)29;1-16-8-4-7-11-12(13)9-5-2-3-6-10(9)17(11,14)15;;1-2/h4-14H,1-3H3;2-8H,1H3;1H4;/b9-8+,21-14-,23-16-;8-4+,11-7-;;. The summed E-state index contributed by atoms with van der Waals surface area (Å²) < 4.78 is 61.9. The number of anilines is 1. The Kier molecular flexibility index (Phi) is 12.1. The van der Waals surface area contributed by atoms with Crippen LogP contribution in [0.5, 0.6) is 0 Å². The number of para-hydroxylation sites is 1. The van der Waals surface area contributed by atoms with Gasteiger partial charge in [0.05, 0.1) is 28.7 Å². The average Bonchev–Trinajstić information content (AvgIpc) is 3.52. The highest BCUT2D eigenvalue weighted by atomic mass is 32.2. The Morgan fingerprint density at radius 2 is 1.26 bits per heavy atom. The summed E-state index contributed by atoms with van der Waals surface area (Å²) in [5.41, 5.74) is 3.40. The summed E-state index contributed by atoms with van der Waals surface area (Å²) in [5.74, 6) is -0.992. The van der Waals surface area contributed by atoms with Gasteiger partial charge >= 0.3 is 0 Å². The first kappa shape index (κ1) is 39.2. The number of sulfone groups is 2. The highest BCUT2D eigenvalue weighted by Gasteiger charge is 2.41. The zero-order valence-corrected chi connectivity index (χ0v) is 29.2. The maximum atomic E-state index is 12.7. The van der Waals surface area contributed by atoms with Crippen LogP contribution in [0.2, 0.25) is 0 Å². The molecule has 0 amide bonds. The van der Waals surface area contributed by atoms with Crippen molar-refractivity contribution in [3.63, 3.8) is 0 Å². The third-order valence-corrected chi connectivity index (χ3v) is 11.8. The molecule has 3 aromatic carbocycles. The first-order chi connectivity index (χ1) is 23.3. The van der Waals surface area contributed by atoms with Crippen LogP contribution in [0.1, 0.15) is 47.6 Å². The van der Waals surface area contributed by atoms with E-state index >= 15 is 0 Å². The van der Waals surface area contributed by atoms with E-state index in [2.05, 4.69) is 37.2 Å². The summed E-state index contributed by atoms with van der Waals surface area (Å²) in [6, 6.07) is 22.6. The van der Waals surface area contributed by atoms with E-state index < -0.39 is 31.2 Å². The highest BCUT2D eigenvalue weighted by molar-refractivity contribution is 7.97. The van der Waals surface area contributed by atoms with Gasteiger partial charge in [-0.15, -0.1) is 0 Å². The van der Waals surface area contributed by atoms with Crippen LogP contribution in [0.25, 0.3) is 0 Å². The first-order valence-electron chi connectivity index (χ1n) is 14.5. The second-order valence-electron chi connectivity index (χ2n) is 11.2. The lowest BCUT2D eigenvalue weighted by Gasteiger charge is -2.25. The van der Waals surface area contributed by atoms with Crippen LogP contribution in [-0.2, 0) is 42.4 Å². The zero-order valence-electron chi connectivity index (χ0n) is 26.8. The number of hydrogen-bond donors (Lipinski definition) is 0. The van der Waals surface area contributed by atoms with Crippen molar-refractivity contribution in [2.45, 2.75) is 36.5 Å². The maximum absolute atomic E-state index is 12.7. The molecule has 13 heteroatoms. The maximum Gasteiger partial charge on any atom is 0.211 e. The van der Waals surface area contributed by atoms with Crippen LogP contribution in [0.4, 0.5) is 5.69 Å². The van der Waals surface area contributed by atoms with Crippen molar-refractivity contribution in [1.29, 1.82) is 5.26 Å². The molecule has 0 unspecified atom stereocenters. The van der Waals surface area contributed by atoms with Gasteiger partial charge in [0.15, 0.2) is 12.5 Å². The number of allylic oxidation sites excluding steroid dienone is 9. The molecule has 3 aliphatic heterocycles. The van der Waals surface area contributed by atoms with Crippen LogP contribution in [0, 0.1) is 11.3 Å². The lowest BCUT2D eigenvalue weighted by atomic mass is 9.82. The number of ketones is 2. The number of ether oxygens (including phenoxy) is 1. The van der Waals surface area contributed by atoms with Crippen LogP contribution in [0.15, 0.2) is 140 Å². The summed E-state index contributed by atoms with van der Waals surface area (Å²) >= 11 is 2.83. The van der Waals surface area contributed by atoms with Crippen LogP contribution >= 0.6 is 0 Å². The number of carbonyl (C=O) groups excluding carboxylic acids is 2. The van der Waals surface area contributed by atoms with Gasteiger partial charge in [-0.1, -0.05) is 69.8 Å². The predicted octanol–water partition coefficient (Wildman–Crippen LogP) is 6.30. The van der Waals surface area contributed by atoms with Crippen molar-refractivity contribution in [2.75, 3.05) is 19.1 Å². The first-order valence-corrected chi connectivity index (χ1v) is 17.8. The number of carbonyl (C=O) groups is 2. The van der Waals surface area contributed by atoms with E-state index in [4.69, 9.17) is 4.21 Å². The number of methoxy groups -OCH3 is 1. The Hall–Kier alpha value is -5.29. The van der Waals surface area contributed by atoms with Crippen molar-refractivity contribution in [3.05, 3.63) is 147 Å². The molecule has 3 aliphatic rings. The fourth-order valence-corrected chi connectivity index (χ4v) is 9.05. The van der Waals surface area contributed by atoms with E-state index in [0.717, 1.165) is 16.9 Å². The molecule has 258 valence electrons. The molecule has 6 rings (SSSR count). The molecule has 10 nitrogen and oxygen atoms in total. The van der Waals surface area contributed by atoms with Crippen LogP contribution < -0.4 is 4.90 Å². The Morgan fingerprint density at radius 1 is 0.800 bits per heavy atom. The molecule has 0 aliphatic carbocycles. The van der Waals surface area contributed by atoms with E-state index in [1.165, 1.54) is 61.9 Å². The largest absolute Gasteiger partial charge is 0.504 e. The van der Waals surface area contributed by atoms with E-state index in [-0.39, 0.29) is 43.6 Å². The lowest BCUT2D eigenvalue weighted by Crippen LogP contribution is -2.24. The Morgan fingerprint density at radius 3 is 1.72 bits per heavy atom. The van der Waals surface area contributed by atoms with Gasteiger partial charge in [-0.25, -0.2) is 16.8 Å². The molecule has 0 aromatic heterocycles. The molecule has 0 saturated carbocycles. The number of fused-ring (bicyclic) bond motifs is 3. The van der Waals surface area contributed by atoms with Gasteiger partial charge in [0, 0.05) is 35.0 Å². The van der Waals surface area contributed by atoms with Gasteiger partial charge in [-0.2, -0.15) is 9.47 Å². The Labute approximate surface area is 297 Å². The van der Waals surface area contributed by atoms with Crippen molar-refractivity contribution >= 4 is 49.5 Å². The van der Waals surface area contributed by atoms with Gasteiger partial charge in [0.1, 0.15) is 15.9 Å². The van der Waals surface area contributed by atoms with Gasteiger partial charge < -0.3 is 9.64 Å². The minimum Gasteiger partial charge on any atom is -0.504 e. The normalized spacial score (nSPS) is 19.8. The Bertz CT molecular complexity index is 2270. The molecule has 0 fully saturated rings. The number of nitriles is 1. The summed E-state index contributed by atoms with van der Waals surface area (Å²) in [4.78, 5) is 26.0. The number of rotatable bonds is 4. The summed E-state index contributed by atoms with van der Waals surface area (Å²) in [7, 11) is -4.17. The van der Waals surface area contributed by atoms with E-state index in [0.29, 0.717) is 5.57 Å². The Balaban J connectivity index is 0.000000288. The molecule has 0 N–H and O–H groups in total. The SMILES string of the molecule is C.CN1/C(=C(C#N)/C=C/C=C2/C(=O)c3ccccc3S2(=O)=O)C(C)(C)c2ccccc21.CO/C=C/C=C1/C(=O)c2ccccc2S1(=O)=O.O=S. The van der Waals surface area contributed by atoms with Crippen LogP contribution in [-0.4, -0.2) is 46.8 Å². The number of benzene rings is 3. The fraction of sp³-hybridized carbons (Fsp3) is 0.162. The second-order valence-corrected chi connectivity index (χ2v) is 15.0. The molecule has 3 heterocycles. The number of likely N-dealkylation sites (N-methyl/N-ethyl adjacent to an activating group) is 1. The van der Waals surface area contributed by atoms with Gasteiger partial charge in [0.25, 0.3) is 0 Å². The third-order valence-electron chi connectivity index (χ3n) is 8.08. The molecule has 0 atom stereocenters. The van der Waals surface area contributed by atoms with Gasteiger partial charge in [0.2, 0.25) is 31.2 Å². The number of nitrogens with zero attached hydrogens (tertiary/aromatic N) is 2. The van der Waals surface area contributed by atoms with Crippen molar-refractivity contribution in [2.24, 2.45) is 0 Å². The van der Waals surface area contributed by atoms with E-state index in [1.807, 2.05) is 36.2 Å². The summed E-state index contributed by atoms with van der Waals surface area (Å²) in [6.45, 7) is 4.10. The molecule has 0 bridgehead atoms. The highest BCUT2D eigenvalue weighted by Crippen LogP contribution is 2.48. The minimum atomic E-state index is -3.85. The smallest absolute Gasteiger partial charge is 0.211 e. The van der Waals surface area contributed by atoms with E-state index in [1.54, 1.807) is 30.3 Å². The van der Waals surface area contributed by atoms with Gasteiger partial charge in [-0.05, 0) is 60.2 Å². The number of Topliss-reactive ketones (excluding diaryl/α,β-unsaturated/α-hetero) is 2. The average molecular weight is 731 g/mol. The van der Waals surface area contributed by atoms with Gasteiger partial charge in [-0.3, -0.25) is 9.59 Å². The van der Waals surface area contributed by atoms with Crippen LogP contribution in [0.3, 0.4) is 0 Å². The molecule has 3 aromatic rings. The number of hydrogen-bond acceptors (Lipinski definition) is 11. The fourth-order valence-electron chi connectivity index (χ4n) is 5.94.